The summed E-state index contributed by atoms with van der Waals surface area (Å²) in [6.07, 6.45) is -2.61. The number of alkyl halides is 6. The Morgan fingerprint density at radius 2 is 1.60 bits per heavy atom. The summed E-state index contributed by atoms with van der Waals surface area (Å²) in [5.41, 5.74) is -3.02. The zero-order valence-electron chi connectivity index (χ0n) is 36.6. The van der Waals surface area contributed by atoms with Gasteiger partial charge in [-0.3, -0.25) is 9.69 Å². The van der Waals surface area contributed by atoms with Crippen LogP contribution >= 0.6 is 11.8 Å². The van der Waals surface area contributed by atoms with Gasteiger partial charge in [-0.1, -0.05) is 49.8 Å². The smallest absolute Gasteiger partial charge is 0.395 e. The standard InChI is InChI=1S/C45H57F6N5O6S3/c1-32(16-20-44(46,47)48)39-29-43(2,3)19-17-34(39)30-55-22-24-56(25-23-55)36-12-10-33(11-13-36)42(58)53-65(61,62)38-14-15-40(41(28-38)64(59,60)45(49,50)51)52-35(18-21-54(4)26-27-57)31-63-37-8-6-5-7-9-37/h5-15,28,35,52,57H,1,16-27,29-31H2,2-4H3,(H,53,58)/t35-/m1/s1. The van der Waals surface area contributed by atoms with Gasteiger partial charge in [0.2, 0.25) is 0 Å². The zero-order chi connectivity index (χ0) is 47.8. The number of aliphatic hydroxyl groups is 1. The monoisotopic (exact) mass is 973 g/mol. The van der Waals surface area contributed by atoms with Crippen molar-refractivity contribution in [1.82, 2.24) is 14.5 Å². The van der Waals surface area contributed by atoms with Gasteiger partial charge in [-0.2, -0.15) is 26.3 Å². The number of aliphatic hydroxyl groups excluding tert-OH is 1. The summed E-state index contributed by atoms with van der Waals surface area (Å²) >= 11 is 1.38. The summed E-state index contributed by atoms with van der Waals surface area (Å²) in [5, 5.41) is 12.2. The molecule has 0 unspecified atom stereocenters. The van der Waals surface area contributed by atoms with E-state index in [0.29, 0.717) is 76.0 Å². The molecule has 0 saturated carbocycles. The number of sulfone groups is 1. The van der Waals surface area contributed by atoms with E-state index in [2.05, 4.69) is 35.5 Å². The topological polar surface area (TPSA) is 139 Å². The van der Waals surface area contributed by atoms with Crippen LogP contribution in [0.3, 0.4) is 0 Å². The Kier molecular flexibility index (Phi) is 17.3. The van der Waals surface area contributed by atoms with Crippen LogP contribution in [-0.4, -0.2) is 121 Å². The third kappa shape index (κ3) is 14.7. The van der Waals surface area contributed by atoms with E-state index in [-0.39, 0.29) is 24.0 Å². The molecule has 3 aromatic rings. The van der Waals surface area contributed by atoms with Crippen molar-refractivity contribution in [2.75, 3.05) is 75.4 Å². The number of halogens is 6. The average molecular weight is 974 g/mol. The minimum Gasteiger partial charge on any atom is -0.395 e. The van der Waals surface area contributed by atoms with Gasteiger partial charge >= 0.3 is 11.7 Å². The molecule has 2 aliphatic rings. The Morgan fingerprint density at radius 1 is 0.938 bits per heavy atom. The summed E-state index contributed by atoms with van der Waals surface area (Å²) < 4.78 is 136. The Hall–Kier alpha value is -4.08. The zero-order valence-corrected chi connectivity index (χ0v) is 39.1. The van der Waals surface area contributed by atoms with E-state index in [9.17, 15) is 53.1 Å². The van der Waals surface area contributed by atoms with Crippen molar-refractivity contribution in [2.24, 2.45) is 5.41 Å². The summed E-state index contributed by atoms with van der Waals surface area (Å²) in [6, 6.07) is 16.8. The number of likely N-dealkylation sites (N-methyl/N-ethyl adjacent to an activating group) is 1. The molecule has 20 heteroatoms. The van der Waals surface area contributed by atoms with Gasteiger partial charge in [-0.25, -0.2) is 21.6 Å². The van der Waals surface area contributed by atoms with Crippen LogP contribution in [0.4, 0.5) is 37.7 Å². The Morgan fingerprint density at radius 3 is 2.22 bits per heavy atom. The summed E-state index contributed by atoms with van der Waals surface area (Å²) in [5.74, 6) is -0.799. The van der Waals surface area contributed by atoms with Crippen LogP contribution in [0, 0.1) is 5.41 Å². The van der Waals surface area contributed by atoms with Crippen LogP contribution in [-0.2, 0) is 19.9 Å². The second-order valence-electron chi connectivity index (χ2n) is 17.3. The predicted octanol–water partition coefficient (Wildman–Crippen LogP) is 8.51. The first-order valence-corrected chi connectivity index (χ1v) is 25.1. The Labute approximate surface area is 382 Å². The molecule has 3 N–H and O–H groups in total. The molecule has 1 saturated heterocycles. The highest BCUT2D eigenvalue weighted by Crippen LogP contribution is 2.43. The minimum absolute atomic E-state index is 0.0366. The van der Waals surface area contributed by atoms with Crippen molar-refractivity contribution in [3.63, 3.8) is 0 Å². The summed E-state index contributed by atoms with van der Waals surface area (Å²) in [6.45, 7) is 12.0. The number of sulfonamides is 1. The van der Waals surface area contributed by atoms with Crippen molar-refractivity contribution >= 4 is 48.9 Å². The maximum atomic E-state index is 14.1. The van der Waals surface area contributed by atoms with Crippen LogP contribution < -0.4 is 14.9 Å². The highest BCUT2D eigenvalue weighted by atomic mass is 32.2. The molecule has 0 spiro atoms. The van der Waals surface area contributed by atoms with Crippen molar-refractivity contribution in [3.8, 4) is 0 Å². The van der Waals surface area contributed by atoms with Gasteiger partial charge in [0.25, 0.3) is 25.8 Å². The van der Waals surface area contributed by atoms with Gasteiger partial charge in [0.1, 0.15) is 4.90 Å². The molecule has 1 amide bonds. The first kappa shape index (κ1) is 51.9. The molecule has 1 atom stereocenters. The van der Waals surface area contributed by atoms with Crippen LogP contribution in [0.25, 0.3) is 0 Å². The number of carbonyl (C=O) groups is 1. The fourth-order valence-corrected chi connectivity index (χ4v) is 10.8. The fraction of sp³-hybridized carbons (Fsp3) is 0.489. The van der Waals surface area contributed by atoms with Gasteiger partial charge in [0.05, 0.1) is 17.2 Å². The molecule has 5 rings (SSSR count). The minimum atomic E-state index is -6.10. The molecule has 3 aromatic carbocycles. The average Bonchev–Trinajstić information content (AvgIpc) is 3.24. The van der Waals surface area contributed by atoms with Crippen LogP contribution in [0.15, 0.2) is 111 Å². The summed E-state index contributed by atoms with van der Waals surface area (Å²) in [7, 11) is -9.26. The van der Waals surface area contributed by atoms with Gasteiger partial charge in [0.15, 0.2) is 0 Å². The molecule has 65 heavy (non-hydrogen) atoms. The van der Waals surface area contributed by atoms with Gasteiger partial charge in [-0.05, 0) is 111 Å². The second kappa shape index (κ2) is 21.7. The number of allylic oxidation sites excluding steroid dienone is 2. The van der Waals surface area contributed by atoms with Crippen LogP contribution in [0.1, 0.15) is 62.7 Å². The fourth-order valence-electron chi connectivity index (χ4n) is 7.75. The number of hydrogen-bond acceptors (Lipinski definition) is 11. The third-order valence-electron chi connectivity index (χ3n) is 11.6. The SMILES string of the molecule is C=C(CCC(F)(F)F)C1=C(CN2CCN(c3ccc(C(=O)NS(=O)(=O)c4ccc(N[C@H](CCN(C)CCO)CSc5ccccc5)c(S(=O)(=O)C(F)(F)F)c4)cc3)CC2)CCC(C)(C)C1. The van der Waals surface area contributed by atoms with E-state index in [4.69, 9.17) is 0 Å². The number of hydrogen-bond donors (Lipinski definition) is 3. The molecule has 1 aliphatic carbocycles. The highest BCUT2D eigenvalue weighted by Gasteiger charge is 2.48. The lowest BCUT2D eigenvalue weighted by Gasteiger charge is -2.39. The second-order valence-corrected chi connectivity index (χ2v) is 22.0. The van der Waals surface area contributed by atoms with Crippen LogP contribution in [0.5, 0.6) is 0 Å². The van der Waals surface area contributed by atoms with E-state index >= 15 is 0 Å². The van der Waals surface area contributed by atoms with Gasteiger partial charge in [-0.15, -0.1) is 11.8 Å². The molecule has 1 heterocycles. The number of amides is 1. The van der Waals surface area contributed by atoms with Crippen molar-refractivity contribution in [1.29, 1.82) is 0 Å². The Bertz CT molecular complexity index is 2370. The summed E-state index contributed by atoms with van der Waals surface area (Å²) in [4.78, 5) is 18.0. The maximum Gasteiger partial charge on any atom is 0.501 e. The molecule has 358 valence electrons. The lowest BCUT2D eigenvalue weighted by Crippen LogP contribution is -2.47. The molecular formula is C45H57F6N5O6S3. The lowest BCUT2D eigenvalue weighted by molar-refractivity contribution is -0.133. The lowest BCUT2D eigenvalue weighted by atomic mass is 9.72. The number of rotatable bonds is 20. The van der Waals surface area contributed by atoms with Crippen molar-refractivity contribution in [2.45, 2.75) is 84.8 Å². The van der Waals surface area contributed by atoms with E-state index in [0.717, 1.165) is 46.7 Å². The number of thioether (sulfide) groups is 1. The highest BCUT2D eigenvalue weighted by molar-refractivity contribution is 7.99. The van der Waals surface area contributed by atoms with E-state index in [1.165, 1.54) is 23.9 Å². The predicted molar refractivity (Wildman–Crippen MR) is 242 cm³/mol. The van der Waals surface area contributed by atoms with E-state index in [1.54, 1.807) is 24.1 Å². The molecule has 0 radical (unpaired) electrons. The maximum absolute atomic E-state index is 14.1. The number of nitrogens with one attached hydrogen (secondary N) is 2. The normalized spacial score (nSPS) is 17.0. The van der Waals surface area contributed by atoms with Gasteiger partial charge < -0.3 is 20.2 Å². The first-order chi connectivity index (χ1) is 30.4. The number of benzene rings is 3. The molecule has 0 bridgehead atoms. The van der Waals surface area contributed by atoms with Gasteiger partial charge in [0, 0.05) is 73.6 Å². The number of piperazine rings is 1. The molecule has 1 fully saturated rings. The first-order valence-electron chi connectivity index (χ1n) is 21.2. The number of carbonyl (C=O) groups excluding carboxylic acids is 1. The molecule has 0 aromatic heterocycles. The molecular weight excluding hydrogens is 917 g/mol. The number of nitrogens with zero attached hydrogens (tertiary/aromatic N) is 3. The van der Waals surface area contributed by atoms with Crippen molar-refractivity contribution < 1.29 is 53.1 Å². The largest absolute Gasteiger partial charge is 0.501 e. The Balaban J connectivity index is 1.26. The third-order valence-corrected chi connectivity index (χ3v) is 15.6. The number of anilines is 2. The molecule has 1 aliphatic heterocycles. The van der Waals surface area contributed by atoms with Crippen LogP contribution in [0.2, 0.25) is 0 Å². The van der Waals surface area contributed by atoms with Crippen molar-refractivity contribution in [3.05, 3.63) is 102 Å². The molecule has 11 nitrogen and oxygen atoms in total. The quantitative estimate of drug-likeness (QED) is 0.0742. The van der Waals surface area contributed by atoms with E-state index < -0.39 is 65.4 Å². The van der Waals surface area contributed by atoms with E-state index in [1.807, 2.05) is 35.1 Å².